The fourth-order valence-corrected chi connectivity index (χ4v) is 4.04. The molecule has 0 radical (unpaired) electrons. The van der Waals surface area contributed by atoms with Gasteiger partial charge >= 0.3 is 0 Å². The van der Waals surface area contributed by atoms with E-state index in [9.17, 15) is 27.0 Å². The molecule has 0 atom stereocenters. The number of anilines is 2. The van der Waals surface area contributed by atoms with E-state index in [0.29, 0.717) is 12.1 Å². The molecule has 0 heterocycles. The molecule has 1 aliphatic carbocycles. The van der Waals surface area contributed by atoms with Crippen LogP contribution in [0.4, 0.5) is 15.8 Å². The van der Waals surface area contributed by atoms with E-state index in [-0.39, 0.29) is 27.9 Å². The molecule has 31 heavy (non-hydrogen) atoms. The second kappa shape index (κ2) is 8.83. The summed E-state index contributed by atoms with van der Waals surface area (Å²) in [6.45, 7) is 1.21. The van der Waals surface area contributed by atoms with Gasteiger partial charge in [0.25, 0.3) is 10.1 Å². The van der Waals surface area contributed by atoms with Gasteiger partial charge in [0.1, 0.15) is 11.6 Å². The maximum Gasteiger partial charge on any atom is 0.296 e. The van der Waals surface area contributed by atoms with Crippen molar-refractivity contribution in [2.45, 2.75) is 24.7 Å². The van der Waals surface area contributed by atoms with E-state index in [2.05, 4.69) is 5.32 Å². The summed E-state index contributed by atoms with van der Waals surface area (Å²) >= 11 is 0. The molecule has 0 amide bonds. The van der Waals surface area contributed by atoms with Gasteiger partial charge in [0.05, 0.1) is 22.5 Å². The molecule has 3 rings (SSSR count). The van der Waals surface area contributed by atoms with Gasteiger partial charge in [0.2, 0.25) is 0 Å². The zero-order valence-corrected chi connectivity index (χ0v) is 17.5. The third kappa shape index (κ3) is 4.28. The average molecular weight is 444 g/mol. The first-order valence-electron chi connectivity index (χ1n) is 9.52. The number of halogens is 1. The summed E-state index contributed by atoms with van der Waals surface area (Å²) in [4.78, 5) is 25.7. The van der Waals surface area contributed by atoms with E-state index >= 15 is 0 Å². The summed E-state index contributed by atoms with van der Waals surface area (Å²) in [7, 11) is -4.80. The second-order valence-corrected chi connectivity index (χ2v) is 8.28. The predicted octanol–water partition coefficient (Wildman–Crippen LogP) is 3.91. The smallest absolute Gasteiger partial charge is 0.296 e. The summed E-state index contributed by atoms with van der Waals surface area (Å²) < 4.78 is 46.2. The van der Waals surface area contributed by atoms with Crippen LogP contribution in [0.5, 0.6) is 0 Å². The van der Waals surface area contributed by atoms with Gasteiger partial charge in [-0.1, -0.05) is 49.8 Å². The van der Waals surface area contributed by atoms with Gasteiger partial charge < -0.3 is 11.1 Å². The Labute approximate surface area is 179 Å². The van der Waals surface area contributed by atoms with Crippen molar-refractivity contribution in [1.82, 2.24) is 0 Å². The van der Waals surface area contributed by atoms with Gasteiger partial charge in [-0.05, 0) is 18.6 Å². The van der Waals surface area contributed by atoms with Crippen molar-refractivity contribution >= 4 is 33.1 Å². The Morgan fingerprint density at radius 3 is 2.32 bits per heavy atom. The molecule has 1 aliphatic rings. The highest BCUT2D eigenvalue weighted by Crippen LogP contribution is 2.39. The fourth-order valence-electron chi connectivity index (χ4n) is 3.39. The van der Waals surface area contributed by atoms with E-state index in [1.54, 1.807) is 18.2 Å². The lowest BCUT2D eigenvalue weighted by atomic mass is 9.82. The molecule has 0 aliphatic heterocycles. The van der Waals surface area contributed by atoms with Gasteiger partial charge in [-0.15, -0.1) is 0 Å². The molecule has 2 aromatic carbocycles. The van der Waals surface area contributed by atoms with E-state index in [1.165, 1.54) is 24.3 Å². The molecule has 0 unspecified atom stereocenters. The van der Waals surface area contributed by atoms with Gasteiger partial charge in [0, 0.05) is 16.8 Å². The van der Waals surface area contributed by atoms with E-state index < -0.39 is 38.9 Å². The number of hydrogen-bond acceptors (Lipinski definition) is 6. The first-order valence-corrected chi connectivity index (χ1v) is 11.0. The van der Waals surface area contributed by atoms with Crippen LogP contribution >= 0.6 is 0 Å². The number of benzene rings is 2. The van der Waals surface area contributed by atoms with Crippen molar-refractivity contribution in [2.75, 3.05) is 17.7 Å². The minimum absolute atomic E-state index is 0.0319. The fraction of sp³-hybridized carbons (Fsp3) is 0.182. The number of nitrogens with one attached hydrogen (secondary N) is 1. The Hall–Kier alpha value is -3.30. The van der Waals surface area contributed by atoms with Gasteiger partial charge in [-0.25, -0.2) is 4.39 Å². The molecular weight excluding hydrogens is 423 g/mol. The van der Waals surface area contributed by atoms with Crippen molar-refractivity contribution in [2.24, 2.45) is 0 Å². The molecule has 0 spiro atoms. The zero-order valence-electron chi connectivity index (χ0n) is 16.7. The summed E-state index contributed by atoms with van der Waals surface area (Å²) in [5.74, 6) is -1.15. The molecule has 7 nitrogen and oxygen atoms in total. The minimum atomic E-state index is -4.80. The molecule has 0 fully saturated rings. The highest BCUT2D eigenvalue weighted by molar-refractivity contribution is 7.86. The van der Waals surface area contributed by atoms with Crippen LogP contribution in [0.3, 0.4) is 0 Å². The number of nitrogen functional groups attached to an aromatic ring is 1. The topological polar surface area (TPSA) is 127 Å². The van der Waals surface area contributed by atoms with Crippen LogP contribution < -0.4 is 11.1 Å². The highest BCUT2D eigenvalue weighted by atomic mass is 32.2. The molecule has 0 aromatic heterocycles. The Balaban J connectivity index is 2.30. The Morgan fingerprint density at radius 1 is 1.16 bits per heavy atom. The Morgan fingerprint density at radius 2 is 1.77 bits per heavy atom. The van der Waals surface area contributed by atoms with E-state index in [1.807, 2.05) is 6.92 Å². The predicted molar refractivity (Wildman–Crippen MR) is 116 cm³/mol. The van der Waals surface area contributed by atoms with E-state index in [4.69, 9.17) is 5.73 Å². The molecule has 4 N–H and O–H groups in total. The maximum atomic E-state index is 13.2. The molecule has 2 aromatic rings. The van der Waals surface area contributed by atoms with Crippen molar-refractivity contribution in [1.29, 1.82) is 0 Å². The molecule has 0 saturated heterocycles. The lowest BCUT2D eigenvalue weighted by molar-refractivity contribution is 0.0980. The molecule has 0 saturated carbocycles. The number of rotatable bonds is 7. The molecular formula is C22H21FN2O5S. The number of nitrogens with two attached hydrogens (primary N) is 1. The number of fused-ring (bicyclic) bond motifs is 2. The van der Waals surface area contributed by atoms with Crippen LogP contribution in [0.25, 0.3) is 0 Å². The number of carbonyl (C=O) groups is 2. The average Bonchev–Trinajstić information content (AvgIpc) is 2.73. The maximum absolute atomic E-state index is 13.2. The number of unbranched alkanes of at least 4 members (excludes halogenated alkanes) is 1. The summed E-state index contributed by atoms with van der Waals surface area (Å²) in [6, 6.07) is 7.12. The van der Waals surface area contributed by atoms with Crippen LogP contribution in [0.2, 0.25) is 0 Å². The van der Waals surface area contributed by atoms with Crippen molar-refractivity contribution in [3.63, 3.8) is 0 Å². The lowest BCUT2D eigenvalue weighted by Crippen LogP contribution is -2.25. The van der Waals surface area contributed by atoms with Crippen LogP contribution in [0, 0.1) is 0 Å². The number of hydrogen-bond donors (Lipinski definition) is 3. The van der Waals surface area contributed by atoms with E-state index in [0.717, 1.165) is 12.5 Å². The summed E-state index contributed by atoms with van der Waals surface area (Å²) in [6.07, 6.45) is 5.83. The van der Waals surface area contributed by atoms with Crippen LogP contribution in [0.1, 0.15) is 51.6 Å². The lowest BCUT2D eigenvalue weighted by Gasteiger charge is -2.24. The summed E-state index contributed by atoms with van der Waals surface area (Å²) in [5.41, 5.74) is 5.63. The molecule has 162 valence electrons. The Kier molecular flexibility index (Phi) is 6.37. The largest absolute Gasteiger partial charge is 0.397 e. The second-order valence-electron chi connectivity index (χ2n) is 6.89. The van der Waals surface area contributed by atoms with Crippen LogP contribution in [0.15, 0.2) is 59.2 Å². The number of ketones is 2. The Bertz CT molecular complexity index is 1230. The first kappa shape index (κ1) is 22.4. The summed E-state index contributed by atoms with van der Waals surface area (Å²) in [5, 5.41) is 2.90. The third-order valence-corrected chi connectivity index (χ3v) is 5.69. The minimum Gasteiger partial charge on any atom is -0.397 e. The van der Waals surface area contributed by atoms with Gasteiger partial charge in [-0.3, -0.25) is 14.1 Å². The highest BCUT2D eigenvalue weighted by Gasteiger charge is 2.36. The first-order chi connectivity index (χ1) is 14.7. The van der Waals surface area contributed by atoms with Gasteiger partial charge in [-0.2, -0.15) is 8.42 Å². The zero-order chi connectivity index (χ0) is 22.8. The normalized spacial score (nSPS) is 14.0. The monoisotopic (exact) mass is 444 g/mol. The molecule has 0 bridgehead atoms. The number of carbonyl (C=O) groups excluding carboxylic acids is 2. The van der Waals surface area contributed by atoms with Crippen molar-refractivity contribution in [3.05, 3.63) is 76.5 Å². The van der Waals surface area contributed by atoms with Crippen LogP contribution in [-0.2, 0) is 10.1 Å². The van der Waals surface area contributed by atoms with Crippen molar-refractivity contribution in [3.8, 4) is 0 Å². The third-order valence-electron chi connectivity index (χ3n) is 4.80. The van der Waals surface area contributed by atoms with Gasteiger partial charge in [0.15, 0.2) is 11.6 Å². The van der Waals surface area contributed by atoms with Crippen molar-refractivity contribution < 1.29 is 27.0 Å². The SMILES string of the molecule is CCC/C=C(\C=C/CF)Nc1cc(S(=O)(=O)O)c(N)c2c1C(=O)c1ccccc1C2=O. The number of alkyl halides is 1. The standard InChI is InChI=1S/C22H21FN2O5S/c1-2-3-7-13(8-6-11-23)25-16-12-17(31(28,29)30)20(24)19-18(16)21(26)14-9-4-5-10-15(14)22(19)27/h4-10,12,25H,2-3,11,24H2,1H3,(H,28,29,30)/b8-6-,13-7+. The van der Waals surface area contributed by atoms with Crippen LogP contribution in [-0.4, -0.2) is 31.2 Å². The molecule has 9 heteroatoms. The quantitative estimate of drug-likeness (QED) is 0.286. The number of allylic oxidation sites excluding steroid dienone is 3.